The van der Waals surface area contributed by atoms with Crippen molar-refractivity contribution in [3.8, 4) is 17.4 Å². The molecule has 2 saturated heterocycles. The number of rotatable bonds is 5. The Hall–Kier alpha value is -4.09. The summed E-state index contributed by atoms with van der Waals surface area (Å²) >= 11 is 6.48. The molecule has 1 amide bonds. The van der Waals surface area contributed by atoms with Gasteiger partial charge in [-0.05, 0) is 31.0 Å². The Kier molecular flexibility index (Phi) is 6.85. The van der Waals surface area contributed by atoms with Gasteiger partial charge in [-0.25, -0.2) is 9.37 Å². The number of piperazine rings is 1. The minimum atomic E-state index is -0.682. The maximum Gasteiger partial charge on any atom is 0.318 e. The first kappa shape index (κ1) is 26.1. The predicted octanol–water partition coefficient (Wildman–Crippen LogP) is 3.53. The first-order valence-corrected chi connectivity index (χ1v) is 13.4. The van der Waals surface area contributed by atoms with Crippen LogP contribution in [-0.4, -0.2) is 88.6 Å². The number of pyridine rings is 2. The number of likely N-dealkylation sites (tertiary alicyclic amines) is 1. The summed E-state index contributed by atoms with van der Waals surface area (Å²) in [4.78, 5) is 36.4. The SMILES string of the molecule is COc1nc(N2CCN(C(=O)/C=C/C3CCN3C)CC2)c2cnc(-c3nc(N)cc4cccc(Cl)c34)c(F)c2n1. The first-order valence-electron chi connectivity index (χ1n) is 13.0. The molecule has 1 unspecified atom stereocenters. The average molecular weight is 563 g/mol. The van der Waals surface area contributed by atoms with E-state index in [1.807, 2.05) is 29.0 Å². The quantitative estimate of drug-likeness (QED) is 0.365. The van der Waals surface area contributed by atoms with Crippen LogP contribution in [0.25, 0.3) is 33.1 Å². The second-order valence-corrected chi connectivity index (χ2v) is 10.4. The Morgan fingerprint density at radius 1 is 1.15 bits per heavy atom. The third-order valence-electron chi connectivity index (χ3n) is 7.57. The number of carbonyl (C=O) groups excluding carboxylic acids is 1. The van der Waals surface area contributed by atoms with Crippen LogP contribution in [0, 0.1) is 5.82 Å². The third kappa shape index (κ3) is 4.65. The molecule has 5 heterocycles. The zero-order valence-electron chi connectivity index (χ0n) is 22.1. The summed E-state index contributed by atoms with van der Waals surface area (Å²) in [7, 11) is 3.48. The van der Waals surface area contributed by atoms with Gasteiger partial charge in [-0.1, -0.05) is 29.8 Å². The lowest BCUT2D eigenvalue weighted by atomic mass is 10.0. The number of hydrogen-bond acceptors (Lipinski definition) is 9. The number of methoxy groups -OCH3 is 1. The van der Waals surface area contributed by atoms with E-state index in [0.717, 1.165) is 18.4 Å². The molecule has 0 aliphatic carbocycles. The summed E-state index contributed by atoms with van der Waals surface area (Å²) in [5.41, 5.74) is 6.28. The highest BCUT2D eigenvalue weighted by molar-refractivity contribution is 6.36. The van der Waals surface area contributed by atoms with E-state index in [1.54, 1.807) is 24.3 Å². The number of ether oxygens (including phenoxy) is 1. The summed E-state index contributed by atoms with van der Waals surface area (Å²) in [5.74, 6) is 0.0117. The highest BCUT2D eigenvalue weighted by Crippen LogP contribution is 2.37. The fourth-order valence-corrected chi connectivity index (χ4v) is 5.47. The number of benzene rings is 1. The van der Waals surface area contributed by atoms with Crippen LogP contribution in [0.1, 0.15) is 6.42 Å². The number of carbonyl (C=O) groups is 1. The number of anilines is 2. The summed E-state index contributed by atoms with van der Waals surface area (Å²) in [6, 6.07) is 7.36. The number of hydrogen-bond donors (Lipinski definition) is 1. The molecule has 12 heteroatoms. The topological polar surface area (TPSA) is 114 Å². The average Bonchev–Trinajstić information content (AvgIpc) is 2.95. The highest BCUT2D eigenvalue weighted by atomic mass is 35.5. The maximum atomic E-state index is 16.2. The van der Waals surface area contributed by atoms with Gasteiger partial charge in [0.15, 0.2) is 5.82 Å². The minimum Gasteiger partial charge on any atom is -0.467 e. The van der Waals surface area contributed by atoms with Crippen molar-refractivity contribution in [2.24, 2.45) is 0 Å². The van der Waals surface area contributed by atoms with E-state index in [2.05, 4.69) is 24.8 Å². The number of fused-ring (bicyclic) bond motifs is 2. The molecule has 0 saturated carbocycles. The maximum absolute atomic E-state index is 16.2. The number of halogens is 2. The van der Waals surface area contributed by atoms with Crippen LogP contribution < -0.4 is 15.4 Å². The lowest BCUT2D eigenvalue weighted by Gasteiger charge is -2.36. The van der Waals surface area contributed by atoms with E-state index in [0.29, 0.717) is 53.8 Å². The fraction of sp³-hybridized carbons (Fsp3) is 0.321. The van der Waals surface area contributed by atoms with E-state index in [9.17, 15) is 4.79 Å². The summed E-state index contributed by atoms with van der Waals surface area (Å²) < 4.78 is 21.5. The lowest BCUT2D eigenvalue weighted by Crippen LogP contribution is -2.49. The first-order chi connectivity index (χ1) is 19.3. The molecule has 1 aromatic carbocycles. The molecule has 2 aliphatic rings. The Labute approximate surface area is 235 Å². The van der Waals surface area contributed by atoms with E-state index in [-0.39, 0.29) is 34.6 Å². The van der Waals surface area contributed by atoms with Crippen LogP contribution in [0.5, 0.6) is 6.01 Å². The predicted molar refractivity (Wildman–Crippen MR) is 153 cm³/mol. The molecule has 40 heavy (non-hydrogen) atoms. The van der Waals surface area contributed by atoms with Gasteiger partial charge in [0, 0.05) is 56.4 Å². The Bertz CT molecular complexity index is 1660. The number of nitrogen functional groups attached to an aromatic ring is 1. The number of aromatic nitrogens is 4. The Morgan fingerprint density at radius 3 is 2.65 bits per heavy atom. The van der Waals surface area contributed by atoms with Crippen molar-refractivity contribution in [3.05, 3.63) is 53.5 Å². The van der Waals surface area contributed by atoms with Crippen LogP contribution in [0.4, 0.5) is 16.0 Å². The molecular weight excluding hydrogens is 535 g/mol. The summed E-state index contributed by atoms with van der Waals surface area (Å²) in [5, 5.41) is 2.10. The van der Waals surface area contributed by atoms with E-state index >= 15 is 4.39 Å². The number of likely N-dealkylation sites (N-methyl/N-ethyl adjacent to an activating group) is 1. The van der Waals surface area contributed by atoms with Crippen LogP contribution in [0.15, 0.2) is 42.6 Å². The van der Waals surface area contributed by atoms with Gasteiger partial charge < -0.3 is 20.3 Å². The Balaban J connectivity index is 1.33. The molecule has 3 aromatic heterocycles. The van der Waals surface area contributed by atoms with Gasteiger partial charge in [0.05, 0.1) is 17.5 Å². The van der Waals surface area contributed by atoms with Gasteiger partial charge in [-0.15, -0.1) is 0 Å². The van der Waals surface area contributed by atoms with Gasteiger partial charge in [0.2, 0.25) is 5.91 Å². The van der Waals surface area contributed by atoms with E-state index < -0.39 is 5.82 Å². The van der Waals surface area contributed by atoms with Crippen LogP contribution >= 0.6 is 11.6 Å². The van der Waals surface area contributed by atoms with Gasteiger partial charge in [0.25, 0.3) is 0 Å². The van der Waals surface area contributed by atoms with Crippen molar-refractivity contribution in [1.82, 2.24) is 29.7 Å². The molecule has 0 spiro atoms. The number of nitrogens with two attached hydrogens (primary N) is 1. The van der Waals surface area contributed by atoms with Crippen molar-refractivity contribution >= 4 is 50.8 Å². The largest absolute Gasteiger partial charge is 0.467 e. The molecule has 10 nitrogen and oxygen atoms in total. The zero-order chi connectivity index (χ0) is 28.0. The molecule has 2 fully saturated rings. The molecule has 0 bridgehead atoms. The molecule has 1 atom stereocenters. The fourth-order valence-electron chi connectivity index (χ4n) is 5.19. The Morgan fingerprint density at radius 2 is 1.95 bits per heavy atom. The summed E-state index contributed by atoms with van der Waals surface area (Å²) in [6.07, 6.45) is 6.24. The van der Waals surface area contributed by atoms with Crippen molar-refractivity contribution < 1.29 is 13.9 Å². The molecule has 0 radical (unpaired) electrons. The molecule has 6 rings (SSSR count). The zero-order valence-corrected chi connectivity index (χ0v) is 22.9. The molecule has 2 aliphatic heterocycles. The number of amides is 1. The lowest BCUT2D eigenvalue weighted by molar-refractivity contribution is -0.126. The van der Waals surface area contributed by atoms with Gasteiger partial charge >= 0.3 is 6.01 Å². The second kappa shape index (κ2) is 10.5. The molecule has 4 aromatic rings. The number of nitrogens with zero attached hydrogens (tertiary/aromatic N) is 7. The van der Waals surface area contributed by atoms with Crippen molar-refractivity contribution in [2.75, 3.05) is 57.5 Å². The van der Waals surface area contributed by atoms with Crippen LogP contribution in [0.2, 0.25) is 5.02 Å². The monoisotopic (exact) mass is 562 g/mol. The molecule has 206 valence electrons. The highest BCUT2D eigenvalue weighted by Gasteiger charge is 2.27. The standard InChI is InChI=1S/C28H28ClFN8O2/c1-36-9-8-17(36)6-7-21(39)37-10-12-38(13-11-37)27-18-15-32-26(23(30)24(18)34-28(35-27)40-2)25-22-16(14-20(31)33-25)4-3-5-19(22)29/h3-7,14-15,17H,8-13H2,1-2H3,(H2,31,33)/b7-6+. The van der Waals surface area contributed by atoms with Gasteiger partial charge in [0.1, 0.15) is 28.5 Å². The molecular formula is C28H28ClFN8O2. The van der Waals surface area contributed by atoms with E-state index in [4.69, 9.17) is 22.1 Å². The minimum absolute atomic E-state index is 0.0112. The third-order valence-corrected chi connectivity index (χ3v) is 7.89. The molecule has 2 N–H and O–H groups in total. The van der Waals surface area contributed by atoms with E-state index in [1.165, 1.54) is 13.3 Å². The van der Waals surface area contributed by atoms with Gasteiger partial charge in [-0.3, -0.25) is 14.7 Å². The van der Waals surface area contributed by atoms with Gasteiger partial charge in [-0.2, -0.15) is 9.97 Å². The van der Waals surface area contributed by atoms with Crippen molar-refractivity contribution in [2.45, 2.75) is 12.5 Å². The normalized spacial score (nSPS) is 18.1. The second-order valence-electron chi connectivity index (χ2n) is 9.96. The van der Waals surface area contributed by atoms with Crippen LogP contribution in [0.3, 0.4) is 0 Å². The van der Waals surface area contributed by atoms with Crippen molar-refractivity contribution in [3.63, 3.8) is 0 Å². The van der Waals surface area contributed by atoms with Crippen LogP contribution in [-0.2, 0) is 4.79 Å². The van der Waals surface area contributed by atoms with Crippen molar-refractivity contribution in [1.29, 1.82) is 0 Å². The summed E-state index contributed by atoms with van der Waals surface area (Å²) in [6.45, 7) is 3.08. The smallest absolute Gasteiger partial charge is 0.318 e.